The molecule has 1 aliphatic heterocycles. The summed E-state index contributed by atoms with van der Waals surface area (Å²) in [4.78, 5) is 20.7. The minimum atomic E-state index is -0.710. The lowest BCUT2D eigenvalue weighted by molar-refractivity contribution is -0.136. The predicted octanol–water partition coefficient (Wildman–Crippen LogP) is 4.18. The Hall–Kier alpha value is -2.23. The van der Waals surface area contributed by atoms with Crippen molar-refractivity contribution in [2.75, 3.05) is 20.8 Å². The summed E-state index contributed by atoms with van der Waals surface area (Å²) in [6.45, 7) is 9.84. The van der Waals surface area contributed by atoms with Crippen LogP contribution in [0.5, 0.6) is 0 Å². The molecule has 2 rings (SSSR count). The molecular weight excluding hydrogens is 359 g/mol. The van der Waals surface area contributed by atoms with Gasteiger partial charge in [-0.2, -0.15) is 0 Å². The number of methoxy groups -OCH3 is 2. The number of halogens is 2. The van der Waals surface area contributed by atoms with Crippen LogP contribution in [0.25, 0.3) is 4.85 Å². The zero-order valence-electron chi connectivity index (χ0n) is 14.9. The Morgan fingerprint density at radius 1 is 1.42 bits per heavy atom. The molecule has 5 nitrogen and oxygen atoms in total. The maximum Gasteiger partial charge on any atom is 0.336 e. The summed E-state index contributed by atoms with van der Waals surface area (Å²) < 4.78 is 23.5. The molecule has 0 fully saturated rings. The summed E-state index contributed by atoms with van der Waals surface area (Å²) in [6, 6.07) is 3.24. The molecule has 0 amide bonds. The summed E-state index contributed by atoms with van der Waals surface area (Å²) in [5.74, 6) is -1.71. The molecule has 1 aromatic carbocycles. The number of hydrogen-bond donors (Lipinski definition) is 0. The van der Waals surface area contributed by atoms with Crippen LogP contribution < -0.4 is 0 Å². The zero-order chi connectivity index (χ0) is 19.3. The van der Waals surface area contributed by atoms with Crippen molar-refractivity contribution in [3.05, 3.63) is 57.3 Å². The summed E-state index contributed by atoms with van der Waals surface area (Å²) in [5.41, 5.74) is 1.94. The Labute approximate surface area is 157 Å². The van der Waals surface area contributed by atoms with E-state index in [0.717, 1.165) is 0 Å². The average molecular weight is 379 g/mol. The zero-order valence-corrected chi connectivity index (χ0v) is 15.6. The first-order chi connectivity index (χ1) is 12.4. The molecule has 7 heteroatoms. The lowest BCUT2D eigenvalue weighted by atomic mass is 9.79. The topological polar surface area (TPSA) is 52.2 Å². The molecule has 0 spiro atoms. The van der Waals surface area contributed by atoms with E-state index in [1.165, 1.54) is 25.3 Å². The van der Waals surface area contributed by atoms with E-state index in [1.807, 2.05) is 0 Å². The SMILES string of the molecule is [C-]#[N+]C1C(C)=NC(CCCOC)=C(C(=O)OC)C1c1ccc(F)cc1Cl. The van der Waals surface area contributed by atoms with Crippen LogP contribution in [-0.4, -0.2) is 38.5 Å². The van der Waals surface area contributed by atoms with E-state index in [9.17, 15) is 9.18 Å². The molecule has 0 aromatic heterocycles. The van der Waals surface area contributed by atoms with Crippen LogP contribution in [0.3, 0.4) is 0 Å². The van der Waals surface area contributed by atoms with Crippen molar-refractivity contribution in [3.8, 4) is 0 Å². The molecule has 1 aromatic rings. The predicted molar refractivity (Wildman–Crippen MR) is 97.8 cm³/mol. The molecule has 0 saturated carbocycles. The highest BCUT2D eigenvalue weighted by atomic mass is 35.5. The smallest absolute Gasteiger partial charge is 0.336 e. The quantitative estimate of drug-likeness (QED) is 0.424. The molecule has 1 aliphatic rings. The number of benzene rings is 1. The van der Waals surface area contributed by atoms with Crippen molar-refractivity contribution >= 4 is 23.3 Å². The standard InChI is InChI=1S/C19H20ClFN2O3/c1-11-18(22-2)16(13-8-7-12(21)10-14(13)20)17(19(24)26-4)15(23-11)6-5-9-25-3/h7-8,10,16,18H,5-6,9H2,1,3-4H3. The van der Waals surface area contributed by atoms with E-state index in [2.05, 4.69) is 9.84 Å². The number of esters is 1. The molecule has 2 atom stereocenters. The summed E-state index contributed by atoms with van der Waals surface area (Å²) in [7, 11) is 2.88. The lowest BCUT2D eigenvalue weighted by Gasteiger charge is -2.27. The van der Waals surface area contributed by atoms with Gasteiger partial charge in [0.05, 0.1) is 24.1 Å². The third-order valence-electron chi connectivity index (χ3n) is 4.28. The Morgan fingerprint density at radius 2 is 2.15 bits per heavy atom. The van der Waals surface area contributed by atoms with Gasteiger partial charge < -0.3 is 14.3 Å². The Balaban J connectivity index is 2.63. The number of ether oxygens (including phenoxy) is 2. The first kappa shape index (κ1) is 20.1. The Morgan fingerprint density at radius 3 is 2.73 bits per heavy atom. The maximum absolute atomic E-state index is 13.5. The fourth-order valence-corrected chi connectivity index (χ4v) is 3.38. The summed E-state index contributed by atoms with van der Waals surface area (Å²) >= 11 is 6.24. The fraction of sp³-hybridized carbons (Fsp3) is 0.421. The third-order valence-corrected chi connectivity index (χ3v) is 4.61. The highest BCUT2D eigenvalue weighted by Gasteiger charge is 2.43. The first-order valence-corrected chi connectivity index (χ1v) is 8.49. The van der Waals surface area contributed by atoms with Crippen molar-refractivity contribution in [2.24, 2.45) is 4.99 Å². The van der Waals surface area contributed by atoms with Crippen molar-refractivity contribution < 1.29 is 18.7 Å². The number of nitrogens with zero attached hydrogens (tertiary/aromatic N) is 2. The normalized spacial score (nSPS) is 19.8. The van der Waals surface area contributed by atoms with E-state index < -0.39 is 23.7 Å². The molecule has 138 valence electrons. The Kier molecular flexibility index (Phi) is 6.90. The van der Waals surface area contributed by atoms with Crippen LogP contribution in [0.15, 0.2) is 34.5 Å². The Bertz CT molecular complexity index is 798. The number of rotatable bonds is 6. The van der Waals surface area contributed by atoms with Crippen molar-refractivity contribution in [2.45, 2.75) is 31.7 Å². The van der Waals surface area contributed by atoms with Crippen LogP contribution in [0.4, 0.5) is 4.39 Å². The van der Waals surface area contributed by atoms with Gasteiger partial charge in [0.1, 0.15) is 11.7 Å². The summed E-state index contributed by atoms with van der Waals surface area (Å²) in [5, 5.41) is 0.163. The van der Waals surface area contributed by atoms with Gasteiger partial charge in [-0.05, 0) is 37.5 Å². The van der Waals surface area contributed by atoms with Gasteiger partial charge in [0.15, 0.2) is 0 Å². The van der Waals surface area contributed by atoms with E-state index in [-0.39, 0.29) is 5.02 Å². The largest absolute Gasteiger partial charge is 0.466 e. The molecule has 2 unspecified atom stereocenters. The van der Waals surface area contributed by atoms with E-state index in [1.54, 1.807) is 14.0 Å². The minimum absolute atomic E-state index is 0.163. The van der Waals surface area contributed by atoms with E-state index in [0.29, 0.717) is 42.0 Å². The molecule has 26 heavy (non-hydrogen) atoms. The fourth-order valence-electron chi connectivity index (χ4n) is 3.09. The van der Waals surface area contributed by atoms with Gasteiger partial charge in [-0.15, -0.1) is 0 Å². The maximum atomic E-state index is 13.5. The van der Waals surface area contributed by atoms with Gasteiger partial charge in [-0.1, -0.05) is 17.7 Å². The van der Waals surface area contributed by atoms with Crippen molar-refractivity contribution in [1.82, 2.24) is 0 Å². The van der Waals surface area contributed by atoms with Gasteiger partial charge >= 0.3 is 5.97 Å². The molecule has 0 aliphatic carbocycles. The van der Waals surface area contributed by atoms with E-state index >= 15 is 0 Å². The van der Waals surface area contributed by atoms with Crippen LogP contribution >= 0.6 is 11.6 Å². The minimum Gasteiger partial charge on any atom is -0.466 e. The number of carbonyl (C=O) groups excluding carboxylic acids is 1. The highest BCUT2D eigenvalue weighted by molar-refractivity contribution is 6.31. The molecule has 1 heterocycles. The van der Waals surface area contributed by atoms with E-state index in [4.69, 9.17) is 27.6 Å². The van der Waals surface area contributed by atoms with Crippen LogP contribution in [0, 0.1) is 12.4 Å². The van der Waals surface area contributed by atoms with Crippen LogP contribution in [0.2, 0.25) is 5.02 Å². The van der Waals surface area contributed by atoms with Gasteiger partial charge in [-0.25, -0.2) is 15.8 Å². The summed E-state index contributed by atoms with van der Waals surface area (Å²) in [6.07, 6.45) is 1.16. The monoisotopic (exact) mass is 378 g/mol. The van der Waals surface area contributed by atoms with Gasteiger partial charge in [0, 0.05) is 18.7 Å². The average Bonchev–Trinajstić information content (AvgIpc) is 2.61. The lowest BCUT2D eigenvalue weighted by Crippen LogP contribution is -2.32. The molecule has 0 radical (unpaired) electrons. The van der Waals surface area contributed by atoms with Gasteiger partial charge in [0.25, 0.3) is 6.04 Å². The van der Waals surface area contributed by atoms with Gasteiger partial charge in [-0.3, -0.25) is 4.99 Å². The molecule has 0 saturated heterocycles. The second-order valence-corrected chi connectivity index (χ2v) is 6.33. The molecule has 0 N–H and O–H groups in total. The van der Waals surface area contributed by atoms with Gasteiger partial charge in [0.2, 0.25) is 0 Å². The second-order valence-electron chi connectivity index (χ2n) is 5.92. The molecule has 0 bridgehead atoms. The van der Waals surface area contributed by atoms with Crippen LogP contribution in [0.1, 0.15) is 31.2 Å². The van der Waals surface area contributed by atoms with Crippen LogP contribution in [-0.2, 0) is 14.3 Å². The molecular formula is C19H20ClFN2O3. The number of aliphatic imine (C=N–C) groups is 1. The first-order valence-electron chi connectivity index (χ1n) is 8.11. The number of carbonyl (C=O) groups is 1. The third kappa shape index (κ3) is 4.12. The van der Waals surface area contributed by atoms with Crippen molar-refractivity contribution in [1.29, 1.82) is 0 Å². The van der Waals surface area contributed by atoms with Crippen molar-refractivity contribution in [3.63, 3.8) is 0 Å². The second kappa shape index (κ2) is 8.93. The number of hydrogen-bond acceptors (Lipinski definition) is 4. The number of allylic oxidation sites excluding steroid dienone is 1. The highest BCUT2D eigenvalue weighted by Crippen LogP contribution is 2.41.